The molecule has 0 aliphatic carbocycles. The Morgan fingerprint density at radius 3 is 3.19 bits per heavy atom. The number of rotatable bonds is 2. The second-order valence-corrected chi connectivity index (χ2v) is 5.15. The van der Waals surface area contributed by atoms with Gasteiger partial charge in [0.15, 0.2) is 5.65 Å². The minimum absolute atomic E-state index is 0.109. The van der Waals surface area contributed by atoms with E-state index in [9.17, 15) is 4.79 Å². The zero-order valence-electron chi connectivity index (χ0n) is 11.3. The van der Waals surface area contributed by atoms with Gasteiger partial charge in [-0.2, -0.15) is 5.10 Å². The number of amides is 1. The molecule has 7 nitrogen and oxygen atoms in total. The summed E-state index contributed by atoms with van der Waals surface area (Å²) in [5.74, 6) is 0.954. The SMILES string of the molecule is O=C(NC1CCc2nccn2C1)c1cnn2cccnc12. The van der Waals surface area contributed by atoms with Gasteiger partial charge in [-0.1, -0.05) is 0 Å². The van der Waals surface area contributed by atoms with Gasteiger partial charge in [0.25, 0.3) is 5.91 Å². The van der Waals surface area contributed by atoms with E-state index in [-0.39, 0.29) is 11.9 Å². The van der Waals surface area contributed by atoms with Crippen molar-refractivity contribution < 1.29 is 4.79 Å². The molecule has 1 aliphatic rings. The zero-order valence-corrected chi connectivity index (χ0v) is 11.3. The smallest absolute Gasteiger partial charge is 0.257 e. The number of fused-ring (bicyclic) bond motifs is 2. The minimum atomic E-state index is -0.128. The summed E-state index contributed by atoms with van der Waals surface area (Å²) in [6.07, 6.45) is 10.5. The molecule has 0 spiro atoms. The van der Waals surface area contributed by atoms with Crippen LogP contribution in [0.15, 0.2) is 37.1 Å². The Morgan fingerprint density at radius 2 is 2.24 bits per heavy atom. The van der Waals surface area contributed by atoms with E-state index in [2.05, 4.69) is 25.0 Å². The molecular weight excluding hydrogens is 268 g/mol. The Morgan fingerprint density at radius 1 is 1.29 bits per heavy atom. The lowest BCUT2D eigenvalue weighted by Gasteiger charge is -2.24. The maximum Gasteiger partial charge on any atom is 0.257 e. The normalized spacial score (nSPS) is 17.6. The van der Waals surface area contributed by atoms with E-state index >= 15 is 0 Å². The molecular formula is C14H14N6O. The number of carbonyl (C=O) groups excluding carboxylic acids is 1. The van der Waals surface area contributed by atoms with E-state index in [1.54, 1.807) is 35.4 Å². The molecule has 1 N–H and O–H groups in total. The number of hydrogen-bond acceptors (Lipinski definition) is 4. The number of aromatic nitrogens is 5. The van der Waals surface area contributed by atoms with Crippen molar-refractivity contribution in [2.75, 3.05) is 0 Å². The van der Waals surface area contributed by atoms with E-state index in [1.165, 1.54) is 0 Å². The topological polar surface area (TPSA) is 77.1 Å². The number of nitrogens with one attached hydrogen (secondary N) is 1. The van der Waals surface area contributed by atoms with E-state index in [1.807, 2.05) is 6.20 Å². The highest BCUT2D eigenvalue weighted by molar-refractivity contribution is 5.99. The van der Waals surface area contributed by atoms with Gasteiger partial charge >= 0.3 is 0 Å². The van der Waals surface area contributed by atoms with Crippen molar-refractivity contribution in [1.29, 1.82) is 0 Å². The summed E-state index contributed by atoms with van der Waals surface area (Å²) in [5.41, 5.74) is 1.08. The Labute approximate surface area is 120 Å². The fourth-order valence-electron chi connectivity index (χ4n) is 2.73. The highest BCUT2D eigenvalue weighted by Crippen LogP contribution is 2.14. The number of carbonyl (C=O) groups is 1. The first kappa shape index (κ1) is 12.1. The van der Waals surface area contributed by atoms with Crippen molar-refractivity contribution in [3.05, 3.63) is 48.4 Å². The molecule has 1 amide bonds. The molecule has 21 heavy (non-hydrogen) atoms. The highest BCUT2D eigenvalue weighted by atomic mass is 16.1. The lowest BCUT2D eigenvalue weighted by atomic mass is 10.1. The molecule has 3 aromatic heterocycles. The van der Waals surface area contributed by atoms with Crippen LogP contribution < -0.4 is 5.32 Å². The standard InChI is InChI=1S/C14H14N6O/c21-14(11-8-17-20-6-1-4-16-13(11)20)18-10-2-3-12-15-5-7-19(12)9-10/h1,4-8,10H,2-3,9H2,(H,18,21). The van der Waals surface area contributed by atoms with Crippen molar-refractivity contribution in [1.82, 2.24) is 29.5 Å². The van der Waals surface area contributed by atoms with Gasteiger partial charge in [0.1, 0.15) is 11.4 Å². The Hall–Kier alpha value is -2.70. The predicted octanol–water partition coefficient (Wildman–Crippen LogP) is 0.671. The lowest BCUT2D eigenvalue weighted by molar-refractivity contribution is 0.0929. The number of aryl methyl sites for hydroxylation is 1. The first-order valence-electron chi connectivity index (χ1n) is 6.90. The third kappa shape index (κ3) is 2.06. The number of imidazole rings is 1. The van der Waals surface area contributed by atoms with Gasteiger partial charge in [-0.3, -0.25) is 4.79 Å². The molecule has 106 valence electrons. The van der Waals surface area contributed by atoms with Gasteiger partial charge in [0.2, 0.25) is 0 Å². The third-order valence-electron chi connectivity index (χ3n) is 3.79. The van der Waals surface area contributed by atoms with Gasteiger partial charge in [0, 0.05) is 43.8 Å². The first-order valence-corrected chi connectivity index (χ1v) is 6.90. The zero-order chi connectivity index (χ0) is 14.2. The quantitative estimate of drug-likeness (QED) is 0.749. The Bertz CT molecular complexity index is 805. The predicted molar refractivity (Wildman–Crippen MR) is 74.8 cm³/mol. The summed E-state index contributed by atoms with van der Waals surface area (Å²) >= 11 is 0. The molecule has 4 heterocycles. The molecule has 1 atom stereocenters. The minimum Gasteiger partial charge on any atom is -0.347 e. The summed E-state index contributed by atoms with van der Waals surface area (Å²) in [5, 5.41) is 7.20. The number of nitrogens with zero attached hydrogens (tertiary/aromatic N) is 5. The largest absolute Gasteiger partial charge is 0.347 e. The van der Waals surface area contributed by atoms with Crippen LogP contribution in [0.5, 0.6) is 0 Å². The molecule has 1 unspecified atom stereocenters. The average Bonchev–Trinajstić information content (AvgIpc) is 3.13. The summed E-state index contributed by atoms with van der Waals surface area (Å²) < 4.78 is 3.69. The van der Waals surface area contributed by atoms with Crippen LogP contribution in [0, 0.1) is 0 Å². The maximum atomic E-state index is 12.4. The van der Waals surface area contributed by atoms with Gasteiger partial charge in [-0.05, 0) is 12.5 Å². The van der Waals surface area contributed by atoms with Crippen molar-refractivity contribution in [3.8, 4) is 0 Å². The molecule has 0 bridgehead atoms. The molecule has 0 saturated heterocycles. The fourth-order valence-corrected chi connectivity index (χ4v) is 2.73. The fraction of sp³-hybridized carbons (Fsp3) is 0.286. The second kappa shape index (κ2) is 4.69. The van der Waals surface area contributed by atoms with Crippen LogP contribution in [0.25, 0.3) is 5.65 Å². The van der Waals surface area contributed by atoms with Crippen LogP contribution in [0.2, 0.25) is 0 Å². The summed E-state index contributed by atoms with van der Waals surface area (Å²) in [7, 11) is 0. The maximum absolute atomic E-state index is 12.4. The molecule has 0 radical (unpaired) electrons. The van der Waals surface area contributed by atoms with Gasteiger partial charge in [0.05, 0.1) is 6.20 Å². The second-order valence-electron chi connectivity index (χ2n) is 5.15. The molecule has 0 fully saturated rings. The Kier molecular flexibility index (Phi) is 2.70. The molecule has 4 rings (SSSR count). The van der Waals surface area contributed by atoms with Crippen LogP contribution in [0.3, 0.4) is 0 Å². The summed E-state index contributed by atoms with van der Waals surface area (Å²) in [6, 6.07) is 1.89. The van der Waals surface area contributed by atoms with Crippen molar-refractivity contribution in [3.63, 3.8) is 0 Å². The van der Waals surface area contributed by atoms with Crippen LogP contribution in [-0.4, -0.2) is 36.1 Å². The average molecular weight is 282 g/mol. The third-order valence-corrected chi connectivity index (χ3v) is 3.79. The van der Waals surface area contributed by atoms with Crippen LogP contribution in [0.4, 0.5) is 0 Å². The van der Waals surface area contributed by atoms with E-state index < -0.39 is 0 Å². The summed E-state index contributed by atoms with van der Waals surface area (Å²) in [6.45, 7) is 0.758. The van der Waals surface area contributed by atoms with E-state index in [4.69, 9.17) is 0 Å². The van der Waals surface area contributed by atoms with Crippen LogP contribution in [-0.2, 0) is 13.0 Å². The van der Waals surface area contributed by atoms with Crippen LogP contribution >= 0.6 is 0 Å². The lowest BCUT2D eigenvalue weighted by Crippen LogP contribution is -2.40. The van der Waals surface area contributed by atoms with E-state index in [0.717, 1.165) is 25.2 Å². The van der Waals surface area contributed by atoms with Crippen molar-refractivity contribution in [2.24, 2.45) is 0 Å². The van der Waals surface area contributed by atoms with Crippen molar-refractivity contribution >= 4 is 11.6 Å². The molecule has 0 saturated carbocycles. The van der Waals surface area contributed by atoms with Crippen molar-refractivity contribution in [2.45, 2.75) is 25.4 Å². The monoisotopic (exact) mass is 282 g/mol. The Balaban J connectivity index is 1.54. The van der Waals surface area contributed by atoms with Crippen LogP contribution in [0.1, 0.15) is 22.6 Å². The molecule has 7 heteroatoms. The first-order chi connectivity index (χ1) is 10.3. The molecule has 3 aromatic rings. The number of hydrogen-bond donors (Lipinski definition) is 1. The van der Waals surface area contributed by atoms with Gasteiger partial charge in [-0.15, -0.1) is 0 Å². The van der Waals surface area contributed by atoms with Gasteiger partial charge < -0.3 is 9.88 Å². The molecule has 1 aliphatic heterocycles. The highest BCUT2D eigenvalue weighted by Gasteiger charge is 2.22. The molecule has 0 aromatic carbocycles. The summed E-state index contributed by atoms with van der Waals surface area (Å²) in [4.78, 5) is 20.9. The van der Waals surface area contributed by atoms with Gasteiger partial charge in [-0.25, -0.2) is 14.5 Å². The van der Waals surface area contributed by atoms with E-state index in [0.29, 0.717) is 11.2 Å².